The van der Waals surface area contributed by atoms with Gasteiger partial charge in [0.2, 0.25) is 0 Å². The van der Waals surface area contributed by atoms with Gasteiger partial charge in [-0.3, -0.25) is 0 Å². The summed E-state index contributed by atoms with van der Waals surface area (Å²) in [5.74, 6) is -0.946. The molecule has 0 spiro atoms. The molecular formula is C14H17F2NO. The molecule has 1 heterocycles. The van der Waals surface area contributed by atoms with Crippen molar-refractivity contribution in [2.75, 3.05) is 13.2 Å². The molecule has 2 rings (SSSR count). The lowest BCUT2D eigenvalue weighted by Crippen LogP contribution is -2.26. The van der Waals surface area contributed by atoms with Gasteiger partial charge in [0.1, 0.15) is 5.76 Å². The molecule has 2 nitrogen and oxygen atoms in total. The number of hydrogen-bond donors (Lipinski definition) is 1. The highest BCUT2D eigenvalue weighted by atomic mass is 19.2. The molecule has 1 aliphatic heterocycles. The largest absolute Gasteiger partial charge is 0.496 e. The minimum atomic E-state index is -0.827. The lowest BCUT2D eigenvalue weighted by Gasteiger charge is -2.25. The van der Waals surface area contributed by atoms with Crippen LogP contribution in [0, 0.1) is 11.6 Å². The van der Waals surface area contributed by atoms with E-state index in [1.165, 1.54) is 6.07 Å². The van der Waals surface area contributed by atoms with E-state index in [1.54, 1.807) is 6.07 Å². The second kappa shape index (κ2) is 5.96. The Hall–Kier alpha value is -1.42. The van der Waals surface area contributed by atoms with Crippen LogP contribution in [0.5, 0.6) is 0 Å². The van der Waals surface area contributed by atoms with Gasteiger partial charge in [0.25, 0.3) is 0 Å². The van der Waals surface area contributed by atoms with E-state index in [1.807, 2.05) is 13.0 Å². The number of nitrogens with one attached hydrogen (secondary N) is 1. The first-order valence-electron chi connectivity index (χ1n) is 6.24. The summed E-state index contributed by atoms with van der Waals surface area (Å²) in [4.78, 5) is 0. The standard InChI is InChI=1S/C14H17F2NO/c1-2-17-14(12-8-3-4-9-18-12)10-6-5-7-11(15)13(10)16/h5-8,14,17H,2-4,9H2,1H3. The first-order chi connectivity index (χ1) is 8.74. The highest BCUT2D eigenvalue weighted by Crippen LogP contribution is 2.28. The highest BCUT2D eigenvalue weighted by molar-refractivity contribution is 5.28. The van der Waals surface area contributed by atoms with Crippen LogP contribution in [0.2, 0.25) is 0 Å². The van der Waals surface area contributed by atoms with Crippen LogP contribution in [0.3, 0.4) is 0 Å². The van der Waals surface area contributed by atoms with Crippen LogP contribution in [0.4, 0.5) is 8.78 Å². The van der Waals surface area contributed by atoms with Crippen molar-refractivity contribution in [3.8, 4) is 0 Å². The van der Waals surface area contributed by atoms with Crippen LogP contribution < -0.4 is 5.32 Å². The normalized spacial score (nSPS) is 16.9. The van der Waals surface area contributed by atoms with E-state index in [9.17, 15) is 8.78 Å². The zero-order valence-electron chi connectivity index (χ0n) is 10.4. The fraction of sp³-hybridized carbons (Fsp3) is 0.429. The molecule has 98 valence electrons. The van der Waals surface area contributed by atoms with Crippen molar-refractivity contribution in [1.29, 1.82) is 0 Å². The van der Waals surface area contributed by atoms with Crippen molar-refractivity contribution < 1.29 is 13.5 Å². The third-order valence-corrected chi connectivity index (χ3v) is 2.95. The lowest BCUT2D eigenvalue weighted by molar-refractivity contribution is 0.167. The fourth-order valence-corrected chi connectivity index (χ4v) is 2.09. The number of hydrogen-bond acceptors (Lipinski definition) is 2. The van der Waals surface area contributed by atoms with Crippen LogP contribution in [-0.2, 0) is 4.74 Å². The first kappa shape index (κ1) is 13.0. The van der Waals surface area contributed by atoms with Crippen molar-refractivity contribution in [3.63, 3.8) is 0 Å². The zero-order valence-corrected chi connectivity index (χ0v) is 10.4. The van der Waals surface area contributed by atoms with Crippen molar-refractivity contribution >= 4 is 0 Å². The average Bonchev–Trinajstić information content (AvgIpc) is 2.41. The molecule has 1 aromatic rings. The van der Waals surface area contributed by atoms with E-state index in [0.29, 0.717) is 24.5 Å². The van der Waals surface area contributed by atoms with E-state index in [4.69, 9.17) is 4.74 Å². The third-order valence-electron chi connectivity index (χ3n) is 2.95. The number of halogens is 2. The molecule has 0 fully saturated rings. The summed E-state index contributed by atoms with van der Waals surface area (Å²) < 4.78 is 32.7. The minimum absolute atomic E-state index is 0.296. The summed E-state index contributed by atoms with van der Waals surface area (Å²) >= 11 is 0. The predicted molar refractivity (Wildman–Crippen MR) is 66.0 cm³/mol. The van der Waals surface area contributed by atoms with E-state index in [0.717, 1.165) is 18.9 Å². The molecule has 0 aromatic heterocycles. The van der Waals surface area contributed by atoms with Crippen LogP contribution in [0.15, 0.2) is 30.0 Å². The lowest BCUT2D eigenvalue weighted by atomic mass is 10.0. The highest BCUT2D eigenvalue weighted by Gasteiger charge is 2.23. The Kier molecular flexibility index (Phi) is 4.31. The molecule has 1 N–H and O–H groups in total. The van der Waals surface area contributed by atoms with Gasteiger partial charge in [0.05, 0.1) is 12.6 Å². The molecule has 1 unspecified atom stereocenters. The van der Waals surface area contributed by atoms with Crippen LogP contribution >= 0.6 is 0 Å². The van der Waals surface area contributed by atoms with Crippen LogP contribution in [0.1, 0.15) is 31.4 Å². The summed E-state index contributed by atoms with van der Waals surface area (Å²) in [7, 11) is 0. The second-order valence-corrected chi connectivity index (χ2v) is 4.23. The summed E-state index contributed by atoms with van der Waals surface area (Å²) in [5.41, 5.74) is 0.296. The summed E-state index contributed by atoms with van der Waals surface area (Å²) in [6, 6.07) is 3.82. The monoisotopic (exact) mass is 253 g/mol. The Morgan fingerprint density at radius 2 is 2.22 bits per heavy atom. The van der Waals surface area contributed by atoms with Gasteiger partial charge in [-0.25, -0.2) is 8.78 Å². The maximum absolute atomic E-state index is 13.8. The third kappa shape index (κ3) is 2.70. The van der Waals surface area contributed by atoms with Crippen LogP contribution in [-0.4, -0.2) is 13.2 Å². The molecule has 18 heavy (non-hydrogen) atoms. The molecule has 0 radical (unpaired) electrons. The van der Waals surface area contributed by atoms with E-state index < -0.39 is 17.7 Å². The Morgan fingerprint density at radius 3 is 2.89 bits per heavy atom. The molecule has 1 aromatic carbocycles. The SMILES string of the molecule is CCNC(C1=CCCCO1)c1cccc(F)c1F. The van der Waals surface area contributed by atoms with Crippen molar-refractivity contribution in [1.82, 2.24) is 5.32 Å². The van der Waals surface area contributed by atoms with Crippen molar-refractivity contribution in [3.05, 3.63) is 47.2 Å². The Labute approximate surface area is 106 Å². The summed E-state index contributed by atoms with van der Waals surface area (Å²) in [6.07, 6.45) is 3.82. The average molecular weight is 253 g/mol. The summed E-state index contributed by atoms with van der Waals surface area (Å²) in [5, 5.41) is 3.14. The van der Waals surface area contributed by atoms with Crippen molar-refractivity contribution in [2.24, 2.45) is 0 Å². The van der Waals surface area contributed by atoms with Crippen LogP contribution in [0.25, 0.3) is 0 Å². The molecule has 0 amide bonds. The van der Waals surface area contributed by atoms with Gasteiger partial charge >= 0.3 is 0 Å². The first-order valence-corrected chi connectivity index (χ1v) is 6.24. The number of allylic oxidation sites excluding steroid dienone is 1. The Balaban J connectivity index is 2.34. The second-order valence-electron chi connectivity index (χ2n) is 4.23. The molecule has 0 aliphatic carbocycles. The molecule has 4 heteroatoms. The van der Waals surface area contributed by atoms with Crippen molar-refractivity contribution in [2.45, 2.75) is 25.8 Å². The maximum Gasteiger partial charge on any atom is 0.164 e. The van der Waals surface area contributed by atoms with Gasteiger partial charge in [-0.05, 0) is 31.5 Å². The number of benzene rings is 1. The van der Waals surface area contributed by atoms with Gasteiger partial charge in [0.15, 0.2) is 11.6 Å². The quantitative estimate of drug-likeness (QED) is 0.888. The van der Waals surface area contributed by atoms with Gasteiger partial charge in [-0.15, -0.1) is 0 Å². The smallest absolute Gasteiger partial charge is 0.164 e. The minimum Gasteiger partial charge on any atom is -0.496 e. The van der Waals surface area contributed by atoms with E-state index in [-0.39, 0.29) is 0 Å². The topological polar surface area (TPSA) is 21.3 Å². The van der Waals surface area contributed by atoms with E-state index in [2.05, 4.69) is 5.32 Å². The number of likely N-dealkylation sites (N-methyl/N-ethyl adjacent to an activating group) is 1. The zero-order chi connectivity index (χ0) is 13.0. The van der Waals surface area contributed by atoms with Gasteiger partial charge in [-0.2, -0.15) is 0 Å². The number of rotatable bonds is 4. The maximum atomic E-state index is 13.8. The molecule has 0 saturated heterocycles. The van der Waals surface area contributed by atoms with E-state index >= 15 is 0 Å². The molecule has 0 bridgehead atoms. The molecule has 0 saturated carbocycles. The van der Waals surface area contributed by atoms with Gasteiger partial charge < -0.3 is 10.1 Å². The molecule has 1 atom stereocenters. The molecule has 1 aliphatic rings. The number of ether oxygens (including phenoxy) is 1. The summed E-state index contributed by atoms with van der Waals surface area (Å²) in [6.45, 7) is 3.21. The molecular weight excluding hydrogens is 236 g/mol. The van der Waals surface area contributed by atoms with Gasteiger partial charge in [-0.1, -0.05) is 19.1 Å². The Morgan fingerprint density at radius 1 is 1.39 bits per heavy atom. The van der Waals surface area contributed by atoms with Gasteiger partial charge in [0, 0.05) is 5.56 Å². The Bertz CT molecular complexity index is 445. The fourth-order valence-electron chi connectivity index (χ4n) is 2.09. The predicted octanol–water partition coefficient (Wildman–Crippen LogP) is 3.31.